The second-order valence-electron chi connectivity index (χ2n) is 1.51. The van der Waals surface area contributed by atoms with Crippen molar-refractivity contribution in [2.24, 2.45) is 5.84 Å². The van der Waals surface area contributed by atoms with Crippen LogP contribution < -0.4 is 11.3 Å². The molecule has 0 aliphatic heterocycles. The van der Waals surface area contributed by atoms with Crippen LogP contribution in [0.5, 0.6) is 0 Å². The van der Waals surface area contributed by atoms with Gasteiger partial charge in [-0.2, -0.15) is 0 Å². The van der Waals surface area contributed by atoms with Gasteiger partial charge in [-0.15, -0.1) is 24.8 Å². The predicted octanol–water partition coefficient (Wildman–Crippen LogP) is 1.97. The average molecular weight is 261 g/mol. The van der Waals surface area contributed by atoms with E-state index < -0.39 is 0 Å². The molecule has 3 nitrogen and oxygen atoms in total. The highest BCUT2D eigenvalue weighted by Gasteiger charge is 1.86. The normalized spacial score (nSPS) is 7.45. The van der Waals surface area contributed by atoms with E-state index in [9.17, 15) is 0 Å². The maximum Gasteiger partial charge on any atom is 0.139 e. The van der Waals surface area contributed by atoms with Gasteiger partial charge in [-0.3, -0.25) is 0 Å². The SMILES string of the molecule is Cl.Cl.NNc1ccc(Br)cn1. The second-order valence-corrected chi connectivity index (χ2v) is 2.42. The van der Waals surface area contributed by atoms with Crippen molar-refractivity contribution in [2.75, 3.05) is 5.43 Å². The Hall–Kier alpha value is -0.0300. The van der Waals surface area contributed by atoms with Gasteiger partial charge in [-0.25, -0.2) is 10.8 Å². The molecule has 64 valence electrons. The second kappa shape index (κ2) is 6.67. The van der Waals surface area contributed by atoms with E-state index in [1.54, 1.807) is 12.3 Å². The zero-order chi connectivity index (χ0) is 6.69. The number of hydrogen-bond acceptors (Lipinski definition) is 3. The van der Waals surface area contributed by atoms with Gasteiger partial charge in [0, 0.05) is 10.7 Å². The monoisotopic (exact) mass is 259 g/mol. The standard InChI is InChI=1S/C5H6BrN3.2ClH/c6-4-1-2-5(9-7)8-3-4;;/h1-3H,7H2,(H,8,9);2*1H. The molecule has 0 spiro atoms. The fourth-order valence-electron chi connectivity index (χ4n) is 0.461. The van der Waals surface area contributed by atoms with Crippen molar-refractivity contribution in [3.05, 3.63) is 22.8 Å². The molecule has 1 aromatic rings. The molecule has 0 saturated heterocycles. The number of hydrogen-bond donors (Lipinski definition) is 2. The van der Waals surface area contributed by atoms with E-state index >= 15 is 0 Å². The van der Waals surface area contributed by atoms with Crippen LogP contribution in [0.2, 0.25) is 0 Å². The molecule has 3 N–H and O–H groups in total. The van der Waals surface area contributed by atoms with Crippen LogP contribution in [-0.2, 0) is 0 Å². The summed E-state index contributed by atoms with van der Waals surface area (Å²) in [6.07, 6.45) is 1.68. The Morgan fingerprint density at radius 2 is 2.00 bits per heavy atom. The summed E-state index contributed by atoms with van der Waals surface area (Å²) in [5, 5.41) is 0. The van der Waals surface area contributed by atoms with Crippen molar-refractivity contribution < 1.29 is 0 Å². The molecule has 0 aliphatic rings. The maximum absolute atomic E-state index is 5.07. The third-order valence-corrected chi connectivity index (χ3v) is 1.34. The van der Waals surface area contributed by atoms with Crippen molar-refractivity contribution in [1.82, 2.24) is 4.98 Å². The lowest BCUT2D eigenvalue weighted by Crippen LogP contribution is -2.07. The largest absolute Gasteiger partial charge is 0.308 e. The van der Waals surface area contributed by atoms with E-state index in [1.165, 1.54) is 0 Å². The average Bonchev–Trinajstić information content (AvgIpc) is 1.90. The molecule has 1 rings (SSSR count). The van der Waals surface area contributed by atoms with Crippen LogP contribution in [0, 0.1) is 0 Å². The van der Waals surface area contributed by atoms with Crippen LogP contribution in [0.1, 0.15) is 0 Å². The van der Waals surface area contributed by atoms with Crippen LogP contribution in [0.4, 0.5) is 5.82 Å². The number of pyridine rings is 1. The molecule has 0 bridgehead atoms. The van der Waals surface area contributed by atoms with Gasteiger partial charge in [0.25, 0.3) is 0 Å². The minimum atomic E-state index is 0. The zero-order valence-electron chi connectivity index (χ0n) is 5.45. The van der Waals surface area contributed by atoms with Gasteiger partial charge in [-0.1, -0.05) is 0 Å². The molecule has 0 aliphatic carbocycles. The Balaban J connectivity index is 0. The Morgan fingerprint density at radius 1 is 1.36 bits per heavy atom. The Morgan fingerprint density at radius 3 is 2.36 bits per heavy atom. The molecule has 6 heteroatoms. The fourth-order valence-corrected chi connectivity index (χ4v) is 0.696. The first kappa shape index (κ1) is 13.6. The lowest BCUT2D eigenvalue weighted by atomic mass is 10.5. The predicted molar refractivity (Wildman–Crippen MR) is 54.2 cm³/mol. The summed E-state index contributed by atoms with van der Waals surface area (Å²) in [6, 6.07) is 3.65. The number of rotatable bonds is 1. The zero-order valence-corrected chi connectivity index (χ0v) is 8.67. The van der Waals surface area contributed by atoms with Gasteiger partial charge >= 0.3 is 0 Å². The smallest absolute Gasteiger partial charge is 0.139 e. The summed E-state index contributed by atoms with van der Waals surface area (Å²) in [5.41, 5.74) is 2.42. The fraction of sp³-hybridized carbons (Fsp3) is 0. The third kappa shape index (κ3) is 4.42. The Labute approximate surface area is 85.7 Å². The van der Waals surface area contributed by atoms with Crippen LogP contribution >= 0.6 is 40.7 Å². The number of anilines is 1. The number of hydrazine groups is 1. The summed E-state index contributed by atoms with van der Waals surface area (Å²) in [5.74, 6) is 5.74. The van der Waals surface area contributed by atoms with Gasteiger partial charge in [0.05, 0.1) is 0 Å². The quantitative estimate of drug-likeness (QED) is 0.600. The third-order valence-electron chi connectivity index (χ3n) is 0.875. The molecule has 1 aromatic heterocycles. The summed E-state index contributed by atoms with van der Waals surface area (Å²) in [7, 11) is 0. The summed E-state index contributed by atoms with van der Waals surface area (Å²) in [4.78, 5) is 3.91. The van der Waals surface area contributed by atoms with E-state index in [1.807, 2.05) is 6.07 Å². The van der Waals surface area contributed by atoms with Crippen molar-refractivity contribution in [1.29, 1.82) is 0 Å². The number of nitrogens with two attached hydrogens (primary N) is 1. The minimum Gasteiger partial charge on any atom is -0.308 e. The molecule has 11 heavy (non-hydrogen) atoms. The van der Waals surface area contributed by atoms with Crippen LogP contribution in [-0.4, -0.2) is 4.98 Å². The van der Waals surface area contributed by atoms with Gasteiger partial charge in [0.2, 0.25) is 0 Å². The molecular weight excluding hydrogens is 253 g/mol. The molecule has 0 atom stereocenters. The van der Waals surface area contributed by atoms with E-state index in [2.05, 4.69) is 26.3 Å². The lowest BCUT2D eigenvalue weighted by Gasteiger charge is -1.95. The van der Waals surface area contributed by atoms with Gasteiger partial charge in [0.1, 0.15) is 5.82 Å². The first-order valence-corrected chi connectivity index (χ1v) is 3.20. The van der Waals surface area contributed by atoms with Crippen LogP contribution in [0.25, 0.3) is 0 Å². The van der Waals surface area contributed by atoms with E-state index in [0.29, 0.717) is 5.82 Å². The number of nitrogens with zero attached hydrogens (tertiary/aromatic N) is 1. The highest BCUT2D eigenvalue weighted by Crippen LogP contribution is 2.08. The van der Waals surface area contributed by atoms with Crippen LogP contribution in [0.3, 0.4) is 0 Å². The van der Waals surface area contributed by atoms with E-state index in [4.69, 9.17) is 5.84 Å². The van der Waals surface area contributed by atoms with Crippen molar-refractivity contribution >= 4 is 46.6 Å². The van der Waals surface area contributed by atoms with Crippen molar-refractivity contribution in [2.45, 2.75) is 0 Å². The first-order valence-electron chi connectivity index (χ1n) is 2.41. The molecule has 0 saturated carbocycles. The molecule has 0 unspecified atom stereocenters. The van der Waals surface area contributed by atoms with Gasteiger partial charge in [0.15, 0.2) is 0 Å². The van der Waals surface area contributed by atoms with Crippen molar-refractivity contribution in [3.63, 3.8) is 0 Å². The summed E-state index contributed by atoms with van der Waals surface area (Å²) >= 11 is 3.24. The first-order chi connectivity index (χ1) is 4.33. The van der Waals surface area contributed by atoms with Crippen LogP contribution in [0.15, 0.2) is 22.8 Å². The summed E-state index contributed by atoms with van der Waals surface area (Å²) < 4.78 is 0.946. The Bertz CT molecular complexity index is 191. The minimum absolute atomic E-state index is 0. The number of nitrogen functional groups attached to an aromatic ring is 1. The molecule has 1 heterocycles. The van der Waals surface area contributed by atoms with Gasteiger partial charge < -0.3 is 5.43 Å². The van der Waals surface area contributed by atoms with Crippen molar-refractivity contribution in [3.8, 4) is 0 Å². The molecule has 0 fully saturated rings. The number of nitrogens with one attached hydrogen (secondary N) is 1. The number of aromatic nitrogens is 1. The van der Waals surface area contributed by atoms with E-state index in [0.717, 1.165) is 4.47 Å². The molecule has 0 radical (unpaired) electrons. The number of halogens is 3. The highest BCUT2D eigenvalue weighted by atomic mass is 79.9. The molecular formula is C5H8BrCl2N3. The maximum atomic E-state index is 5.07. The topological polar surface area (TPSA) is 50.9 Å². The Kier molecular flexibility index (Phi) is 8.21. The van der Waals surface area contributed by atoms with Gasteiger partial charge in [-0.05, 0) is 28.1 Å². The highest BCUT2D eigenvalue weighted by molar-refractivity contribution is 9.10. The lowest BCUT2D eigenvalue weighted by molar-refractivity contribution is 1.22. The molecule has 0 aromatic carbocycles. The van der Waals surface area contributed by atoms with E-state index in [-0.39, 0.29) is 24.8 Å². The summed E-state index contributed by atoms with van der Waals surface area (Å²) in [6.45, 7) is 0. The molecule has 0 amide bonds.